The summed E-state index contributed by atoms with van der Waals surface area (Å²) in [7, 11) is 0. The van der Waals surface area contributed by atoms with Crippen molar-refractivity contribution in [2.24, 2.45) is 0 Å². The lowest BCUT2D eigenvalue weighted by Crippen LogP contribution is -2.61. The summed E-state index contributed by atoms with van der Waals surface area (Å²) in [4.78, 5) is 5.08. The predicted molar refractivity (Wildman–Crippen MR) is 88.8 cm³/mol. The van der Waals surface area contributed by atoms with Crippen LogP contribution in [-0.2, 0) is 6.54 Å². The number of benzene rings is 1. The summed E-state index contributed by atoms with van der Waals surface area (Å²) in [5.41, 5.74) is 0.981. The first-order chi connectivity index (χ1) is 11.3. The van der Waals surface area contributed by atoms with Crippen LogP contribution in [0.15, 0.2) is 34.7 Å². The summed E-state index contributed by atoms with van der Waals surface area (Å²) in [6.45, 7) is 6.63. The largest absolute Gasteiger partial charge is 0.419 e. The van der Waals surface area contributed by atoms with Gasteiger partial charge in [-0.2, -0.15) is 0 Å². The average Bonchev–Trinajstić information content (AvgIpc) is 3.01. The van der Waals surface area contributed by atoms with E-state index in [1.54, 1.807) is 0 Å². The average molecular weight is 312 g/mol. The van der Waals surface area contributed by atoms with Gasteiger partial charge in [-0.3, -0.25) is 9.80 Å². The van der Waals surface area contributed by atoms with Gasteiger partial charge < -0.3 is 4.42 Å². The van der Waals surface area contributed by atoms with Gasteiger partial charge >= 0.3 is 0 Å². The molecule has 2 aliphatic heterocycles. The molecule has 0 aliphatic carbocycles. The van der Waals surface area contributed by atoms with E-state index in [0.717, 1.165) is 31.2 Å². The van der Waals surface area contributed by atoms with E-state index in [4.69, 9.17) is 4.42 Å². The second kappa shape index (κ2) is 6.42. The summed E-state index contributed by atoms with van der Waals surface area (Å²) in [6.07, 6.45) is 4.09. The number of hydrogen-bond donors (Lipinski definition) is 0. The molecule has 1 aromatic carbocycles. The van der Waals surface area contributed by atoms with Crippen molar-refractivity contribution in [3.63, 3.8) is 0 Å². The number of hydrogen-bond acceptors (Lipinski definition) is 5. The molecule has 0 spiro atoms. The van der Waals surface area contributed by atoms with Crippen LogP contribution in [0.2, 0.25) is 0 Å². The van der Waals surface area contributed by atoms with Gasteiger partial charge in [0, 0.05) is 30.7 Å². The van der Waals surface area contributed by atoms with Crippen LogP contribution in [0.5, 0.6) is 0 Å². The third-order valence-corrected chi connectivity index (χ3v) is 5.11. The normalized spacial score (nSPS) is 23.8. The van der Waals surface area contributed by atoms with Crippen molar-refractivity contribution < 1.29 is 4.42 Å². The van der Waals surface area contributed by atoms with E-state index in [-0.39, 0.29) is 0 Å². The van der Waals surface area contributed by atoms with Crippen molar-refractivity contribution in [1.29, 1.82) is 0 Å². The lowest BCUT2D eigenvalue weighted by molar-refractivity contribution is -0.00960. The molecule has 0 N–H and O–H groups in total. The molecule has 3 heterocycles. The van der Waals surface area contributed by atoms with Gasteiger partial charge in [-0.15, -0.1) is 10.2 Å². The Morgan fingerprint density at radius 2 is 1.96 bits per heavy atom. The fourth-order valence-corrected chi connectivity index (χ4v) is 3.75. The highest BCUT2D eigenvalue weighted by Crippen LogP contribution is 2.25. The van der Waals surface area contributed by atoms with E-state index in [2.05, 4.69) is 26.9 Å². The van der Waals surface area contributed by atoms with E-state index >= 15 is 0 Å². The van der Waals surface area contributed by atoms with Gasteiger partial charge in [0.1, 0.15) is 0 Å². The molecule has 122 valence electrons. The first-order valence-corrected chi connectivity index (χ1v) is 8.65. The van der Waals surface area contributed by atoms with E-state index in [1.165, 1.54) is 25.8 Å². The first-order valence-electron chi connectivity index (χ1n) is 8.65. The Bertz CT molecular complexity index is 635. The molecule has 0 amide bonds. The van der Waals surface area contributed by atoms with Crippen LogP contribution in [0.25, 0.3) is 11.5 Å². The predicted octanol–water partition coefficient (Wildman–Crippen LogP) is 2.80. The maximum Gasteiger partial charge on any atom is 0.247 e. The molecule has 0 unspecified atom stereocenters. The summed E-state index contributed by atoms with van der Waals surface area (Å²) in [5.74, 6) is 1.33. The molecule has 2 aliphatic rings. The molecule has 1 atom stereocenters. The standard InChI is InChI=1S/C18H24N4O/c1-14-7-5-6-10-22(14)16-11-21(12-16)13-17-19-20-18(23-17)15-8-3-2-4-9-15/h2-4,8-9,14,16H,5-7,10-13H2,1H3/t14-/m1/s1. The Morgan fingerprint density at radius 1 is 1.13 bits per heavy atom. The fraction of sp³-hybridized carbons (Fsp3) is 0.556. The van der Waals surface area contributed by atoms with Crippen LogP contribution in [0, 0.1) is 0 Å². The summed E-state index contributed by atoms with van der Waals surface area (Å²) < 4.78 is 5.80. The van der Waals surface area contributed by atoms with Gasteiger partial charge in [0.15, 0.2) is 0 Å². The van der Waals surface area contributed by atoms with Crippen LogP contribution < -0.4 is 0 Å². The first kappa shape index (κ1) is 14.8. The highest BCUT2D eigenvalue weighted by atomic mass is 16.4. The van der Waals surface area contributed by atoms with Gasteiger partial charge in [-0.25, -0.2) is 0 Å². The smallest absolute Gasteiger partial charge is 0.247 e. The van der Waals surface area contributed by atoms with Gasteiger partial charge in [0.05, 0.1) is 6.54 Å². The zero-order valence-corrected chi connectivity index (χ0v) is 13.7. The molecule has 2 saturated heterocycles. The maximum atomic E-state index is 5.80. The van der Waals surface area contributed by atoms with Crippen molar-refractivity contribution in [2.75, 3.05) is 19.6 Å². The molecule has 4 rings (SSSR count). The Hall–Kier alpha value is -1.72. The molecule has 2 fully saturated rings. The SMILES string of the molecule is C[C@@H]1CCCCN1C1CN(Cc2nnc(-c3ccccc3)o2)C1. The van der Waals surface area contributed by atoms with E-state index in [1.807, 2.05) is 30.3 Å². The van der Waals surface area contributed by atoms with Gasteiger partial charge in [-0.05, 0) is 38.4 Å². The number of aromatic nitrogens is 2. The second-order valence-corrected chi connectivity index (χ2v) is 6.80. The minimum Gasteiger partial charge on any atom is -0.419 e. The van der Waals surface area contributed by atoms with Crippen molar-refractivity contribution in [3.8, 4) is 11.5 Å². The second-order valence-electron chi connectivity index (χ2n) is 6.80. The summed E-state index contributed by atoms with van der Waals surface area (Å²) in [5, 5.41) is 8.36. The van der Waals surface area contributed by atoms with Gasteiger partial charge in [0.25, 0.3) is 0 Å². The van der Waals surface area contributed by atoms with Crippen LogP contribution in [0.4, 0.5) is 0 Å². The Kier molecular flexibility index (Phi) is 4.14. The van der Waals surface area contributed by atoms with Crippen LogP contribution >= 0.6 is 0 Å². The fourth-order valence-electron chi connectivity index (χ4n) is 3.75. The third-order valence-electron chi connectivity index (χ3n) is 5.11. The quantitative estimate of drug-likeness (QED) is 0.868. The zero-order chi connectivity index (χ0) is 15.6. The molecular weight excluding hydrogens is 288 g/mol. The monoisotopic (exact) mass is 312 g/mol. The van der Waals surface area contributed by atoms with Crippen molar-refractivity contribution in [2.45, 2.75) is 44.8 Å². The molecular formula is C18H24N4O. The van der Waals surface area contributed by atoms with Crippen molar-refractivity contribution in [1.82, 2.24) is 20.0 Å². The van der Waals surface area contributed by atoms with E-state index < -0.39 is 0 Å². The lowest BCUT2D eigenvalue weighted by atomic mass is 9.97. The van der Waals surface area contributed by atoms with Crippen molar-refractivity contribution >= 4 is 0 Å². The number of rotatable bonds is 4. The topological polar surface area (TPSA) is 45.4 Å². The zero-order valence-electron chi connectivity index (χ0n) is 13.7. The molecule has 23 heavy (non-hydrogen) atoms. The van der Waals surface area contributed by atoms with Crippen LogP contribution in [-0.4, -0.2) is 51.7 Å². The minimum absolute atomic E-state index is 0.613. The Balaban J connectivity index is 1.32. The lowest BCUT2D eigenvalue weighted by Gasteiger charge is -2.48. The molecule has 5 nitrogen and oxygen atoms in total. The Morgan fingerprint density at radius 3 is 2.74 bits per heavy atom. The maximum absolute atomic E-state index is 5.80. The molecule has 5 heteroatoms. The molecule has 0 radical (unpaired) electrons. The number of likely N-dealkylation sites (tertiary alicyclic amines) is 2. The summed E-state index contributed by atoms with van der Waals surface area (Å²) >= 11 is 0. The van der Waals surface area contributed by atoms with Gasteiger partial charge in [0.2, 0.25) is 11.8 Å². The molecule has 0 bridgehead atoms. The third kappa shape index (κ3) is 3.16. The number of nitrogens with zero attached hydrogens (tertiary/aromatic N) is 4. The van der Waals surface area contributed by atoms with Crippen LogP contribution in [0.3, 0.4) is 0 Å². The molecule has 0 saturated carbocycles. The van der Waals surface area contributed by atoms with Gasteiger partial charge in [-0.1, -0.05) is 24.6 Å². The molecule has 2 aromatic rings. The summed E-state index contributed by atoms with van der Waals surface area (Å²) in [6, 6.07) is 11.4. The number of piperidine rings is 1. The van der Waals surface area contributed by atoms with Crippen LogP contribution in [0.1, 0.15) is 32.1 Å². The minimum atomic E-state index is 0.613. The highest BCUT2D eigenvalue weighted by molar-refractivity contribution is 5.51. The highest BCUT2D eigenvalue weighted by Gasteiger charge is 2.35. The Labute approximate surface area is 137 Å². The van der Waals surface area contributed by atoms with E-state index in [9.17, 15) is 0 Å². The van der Waals surface area contributed by atoms with Crippen molar-refractivity contribution in [3.05, 3.63) is 36.2 Å². The molecule has 1 aromatic heterocycles. The van der Waals surface area contributed by atoms with E-state index in [0.29, 0.717) is 17.8 Å².